The molecule has 1 aromatic heterocycles. The molecule has 6 heteroatoms. The number of fused-ring (bicyclic) bond motifs is 1. The maximum atomic E-state index is 13.1. The zero-order valence-corrected chi connectivity index (χ0v) is 13.8. The van der Waals surface area contributed by atoms with Gasteiger partial charge in [-0.25, -0.2) is 4.39 Å². The summed E-state index contributed by atoms with van der Waals surface area (Å²) in [7, 11) is 0. The average Bonchev–Trinajstić information content (AvgIpc) is 3.10. The minimum absolute atomic E-state index is 0.263. The molecule has 0 saturated carbocycles. The summed E-state index contributed by atoms with van der Waals surface area (Å²) in [5.41, 5.74) is 2.85. The highest BCUT2D eigenvalue weighted by atomic mass is 32.2. The van der Waals surface area contributed by atoms with Crippen LogP contribution in [0.3, 0.4) is 0 Å². The molecule has 1 saturated heterocycles. The van der Waals surface area contributed by atoms with Crippen molar-refractivity contribution in [2.45, 2.75) is 6.54 Å². The number of amides is 2. The normalized spacial score (nSPS) is 16.0. The Bertz CT molecular complexity index is 1020. The molecule has 0 aliphatic carbocycles. The topological polar surface area (TPSA) is 51.1 Å². The monoisotopic (exact) mass is 352 g/mol. The average molecular weight is 352 g/mol. The third-order valence-corrected chi connectivity index (χ3v) is 4.82. The number of aromatic nitrogens is 1. The molecule has 4 rings (SSSR count). The van der Waals surface area contributed by atoms with Gasteiger partial charge in [0, 0.05) is 29.2 Å². The van der Waals surface area contributed by atoms with Gasteiger partial charge in [0.15, 0.2) is 0 Å². The second-order valence-electron chi connectivity index (χ2n) is 5.71. The van der Waals surface area contributed by atoms with Crippen LogP contribution in [0.2, 0.25) is 0 Å². The van der Waals surface area contributed by atoms with Crippen molar-refractivity contribution >= 4 is 39.9 Å². The van der Waals surface area contributed by atoms with E-state index in [1.807, 2.05) is 35.0 Å². The maximum absolute atomic E-state index is 13.1. The first-order chi connectivity index (χ1) is 12.1. The van der Waals surface area contributed by atoms with Gasteiger partial charge in [0.2, 0.25) is 0 Å². The van der Waals surface area contributed by atoms with Gasteiger partial charge in [0.05, 0.1) is 4.91 Å². The molecule has 0 unspecified atom stereocenters. The lowest BCUT2D eigenvalue weighted by Gasteiger charge is -2.05. The highest BCUT2D eigenvalue weighted by Gasteiger charge is 2.25. The molecule has 25 heavy (non-hydrogen) atoms. The number of imide groups is 1. The van der Waals surface area contributed by atoms with Crippen molar-refractivity contribution in [3.05, 3.63) is 76.6 Å². The summed E-state index contributed by atoms with van der Waals surface area (Å²) in [6, 6.07) is 14.2. The third-order valence-electron chi connectivity index (χ3n) is 4.01. The van der Waals surface area contributed by atoms with Gasteiger partial charge in [-0.3, -0.25) is 14.9 Å². The zero-order chi connectivity index (χ0) is 17.4. The maximum Gasteiger partial charge on any atom is 0.290 e. The van der Waals surface area contributed by atoms with Gasteiger partial charge in [-0.15, -0.1) is 0 Å². The molecule has 1 fully saturated rings. The Morgan fingerprint density at radius 3 is 2.56 bits per heavy atom. The number of carbonyl (C=O) groups excluding carboxylic acids is 2. The molecule has 2 heterocycles. The molecule has 3 aromatic rings. The van der Waals surface area contributed by atoms with E-state index in [4.69, 9.17) is 0 Å². The van der Waals surface area contributed by atoms with Gasteiger partial charge in [-0.2, -0.15) is 0 Å². The fraction of sp³-hybridized carbons (Fsp3) is 0.0526. The van der Waals surface area contributed by atoms with Crippen molar-refractivity contribution in [3.8, 4) is 0 Å². The minimum Gasteiger partial charge on any atom is -0.342 e. The predicted molar refractivity (Wildman–Crippen MR) is 96.5 cm³/mol. The number of nitrogens with one attached hydrogen (secondary N) is 1. The van der Waals surface area contributed by atoms with E-state index >= 15 is 0 Å². The Hall–Kier alpha value is -2.86. The highest BCUT2D eigenvalue weighted by molar-refractivity contribution is 8.18. The van der Waals surface area contributed by atoms with E-state index in [2.05, 4.69) is 5.32 Å². The summed E-state index contributed by atoms with van der Waals surface area (Å²) in [6.07, 6.45) is 3.67. The fourth-order valence-corrected chi connectivity index (χ4v) is 3.54. The number of thioether (sulfide) groups is 1. The Morgan fingerprint density at radius 2 is 1.84 bits per heavy atom. The van der Waals surface area contributed by atoms with Crippen LogP contribution in [-0.2, 0) is 11.3 Å². The van der Waals surface area contributed by atoms with E-state index in [1.165, 1.54) is 12.1 Å². The van der Waals surface area contributed by atoms with Crippen LogP contribution < -0.4 is 5.32 Å². The number of hydrogen-bond donors (Lipinski definition) is 1. The van der Waals surface area contributed by atoms with Crippen molar-refractivity contribution in [1.29, 1.82) is 0 Å². The molecule has 1 aliphatic heterocycles. The Balaban J connectivity index is 1.76. The number of benzene rings is 2. The number of para-hydroxylation sites is 1. The first-order valence-electron chi connectivity index (χ1n) is 7.67. The van der Waals surface area contributed by atoms with Crippen molar-refractivity contribution in [2.75, 3.05) is 0 Å². The molecule has 0 atom stereocenters. The van der Waals surface area contributed by atoms with E-state index in [-0.39, 0.29) is 17.0 Å². The molecule has 124 valence electrons. The molecule has 0 spiro atoms. The summed E-state index contributed by atoms with van der Waals surface area (Å²) < 4.78 is 15.1. The molecule has 1 aliphatic rings. The van der Waals surface area contributed by atoms with Crippen molar-refractivity contribution in [3.63, 3.8) is 0 Å². The van der Waals surface area contributed by atoms with Crippen LogP contribution in [0.4, 0.5) is 9.18 Å². The molecule has 0 bridgehead atoms. The molecule has 1 N–H and O–H groups in total. The van der Waals surface area contributed by atoms with Crippen molar-refractivity contribution in [1.82, 2.24) is 9.88 Å². The van der Waals surface area contributed by atoms with Crippen LogP contribution in [0.1, 0.15) is 11.1 Å². The van der Waals surface area contributed by atoms with E-state index in [0.717, 1.165) is 33.8 Å². The van der Waals surface area contributed by atoms with Crippen LogP contribution in [0.5, 0.6) is 0 Å². The second kappa shape index (κ2) is 6.22. The summed E-state index contributed by atoms with van der Waals surface area (Å²) in [4.78, 5) is 23.5. The number of halogens is 1. The van der Waals surface area contributed by atoms with Gasteiger partial charge < -0.3 is 4.57 Å². The van der Waals surface area contributed by atoms with Gasteiger partial charge in [0.25, 0.3) is 11.1 Å². The van der Waals surface area contributed by atoms with E-state index in [0.29, 0.717) is 11.4 Å². The molecular formula is C19H13FN2O2S. The lowest BCUT2D eigenvalue weighted by atomic mass is 10.1. The molecular weight excluding hydrogens is 339 g/mol. The summed E-state index contributed by atoms with van der Waals surface area (Å²) in [5.74, 6) is -0.633. The first-order valence-corrected chi connectivity index (χ1v) is 8.49. The van der Waals surface area contributed by atoms with Crippen LogP contribution in [0, 0.1) is 5.82 Å². The number of nitrogens with zero attached hydrogens (tertiary/aromatic N) is 1. The van der Waals surface area contributed by atoms with E-state index < -0.39 is 0 Å². The number of carbonyl (C=O) groups is 2. The number of hydrogen-bond acceptors (Lipinski definition) is 3. The van der Waals surface area contributed by atoms with Gasteiger partial charge in [-0.05, 0) is 41.6 Å². The van der Waals surface area contributed by atoms with Crippen molar-refractivity contribution < 1.29 is 14.0 Å². The predicted octanol–water partition coefficient (Wildman–Crippen LogP) is 4.15. The van der Waals surface area contributed by atoms with Crippen LogP contribution in [0.25, 0.3) is 17.0 Å². The zero-order valence-electron chi connectivity index (χ0n) is 13.0. The Labute approximate surface area is 147 Å². The molecule has 4 nitrogen and oxygen atoms in total. The molecule has 0 radical (unpaired) electrons. The molecule has 2 aromatic carbocycles. The lowest BCUT2D eigenvalue weighted by molar-refractivity contribution is -0.115. The molecule has 2 amide bonds. The third kappa shape index (κ3) is 3.08. The fourth-order valence-electron chi connectivity index (χ4n) is 2.87. The van der Waals surface area contributed by atoms with Crippen molar-refractivity contribution in [2.24, 2.45) is 0 Å². The first kappa shape index (κ1) is 15.7. The Kier molecular flexibility index (Phi) is 3.89. The van der Waals surface area contributed by atoms with Gasteiger partial charge in [-0.1, -0.05) is 30.3 Å². The standard InChI is InChI=1S/C19H13FN2O2S/c20-14-7-5-12(6-8-14)10-22-11-13(15-3-1-2-4-16(15)22)9-17-18(23)21-19(24)25-17/h1-9,11H,10H2,(H,21,23,24). The highest BCUT2D eigenvalue weighted by Crippen LogP contribution is 2.30. The van der Waals surface area contributed by atoms with E-state index in [9.17, 15) is 14.0 Å². The van der Waals surface area contributed by atoms with Crippen LogP contribution in [0.15, 0.2) is 59.6 Å². The van der Waals surface area contributed by atoms with Crippen LogP contribution in [-0.4, -0.2) is 15.7 Å². The minimum atomic E-state index is -0.370. The number of rotatable bonds is 3. The summed E-state index contributed by atoms with van der Waals surface area (Å²) in [6.45, 7) is 0.586. The summed E-state index contributed by atoms with van der Waals surface area (Å²) in [5, 5.41) is 2.90. The smallest absolute Gasteiger partial charge is 0.290 e. The van der Waals surface area contributed by atoms with Gasteiger partial charge in [0.1, 0.15) is 5.82 Å². The largest absolute Gasteiger partial charge is 0.342 e. The second-order valence-corrected chi connectivity index (χ2v) is 6.72. The quantitative estimate of drug-likeness (QED) is 0.721. The van der Waals surface area contributed by atoms with Gasteiger partial charge >= 0.3 is 0 Å². The lowest BCUT2D eigenvalue weighted by Crippen LogP contribution is -2.17. The van der Waals surface area contributed by atoms with E-state index in [1.54, 1.807) is 18.2 Å². The summed E-state index contributed by atoms with van der Waals surface area (Å²) >= 11 is 0.902. The Morgan fingerprint density at radius 1 is 1.08 bits per heavy atom. The van der Waals surface area contributed by atoms with Crippen LogP contribution >= 0.6 is 11.8 Å². The SMILES string of the molecule is O=C1NC(=O)C(=Cc2cn(Cc3ccc(F)cc3)c3ccccc23)S1.